The van der Waals surface area contributed by atoms with E-state index in [0.717, 1.165) is 36.8 Å². The number of pyridine rings is 1. The van der Waals surface area contributed by atoms with E-state index in [1.165, 1.54) is 10.6 Å². The van der Waals surface area contributed by atoms with Gasteiger partial charge in [0, 0.05) is 29.8 Å². The van der Waals surface area contributed by atoms with E-state index < -0.39 is 5.97 Å². The third kappa shape index (κ3) is 4.60. The predicted molar refractivity (Wildman–Crippen MR) is 100.0 cm³/mol. The number of piperidine rings is 1. The Hall–Kier alpha value is -2.34. The Balaban J connectivity index is 1.88. The Labute approximate surface area is 154 Å². The maximum absolute atomic E-state index is 12.5. The molecule has 0 radical (unpaired) electrons. The smallest absolute Gasteiger partial charge is 0.344 e. The topological polar surface area (TPSA) is 51.5 Å². The van der Waals surface area contributed by atoms with Gasteiger partial charge in [0.2, 0.25) is 5.88 Å². The van der Waals surface area contributed by atoms with E-state index in [0.29, 0.717) is 11.4 Å². The number of ether oxygens (including phenoxy) is 1. The third-order valence-corrected chi connectivity index (χ3v) is 4.57. The Bertz CT molecular complexity index is 821. The summed E-state index contributed by atoms with van der Waals surface area (Å²) in [7, 11) is 0. The number of likely N-dealkylation sites (tertiary alicyclic amines) is 1. The first kappa shape index (κ1) is 17.5. The first-order valence-electron chi connectivity index (χ1n) is 8.25. The summed E-state index contributed by atoms with van der Waals surface area (Å²) < 4.78 is 7.97. The molecular formula is C19H19BrN2O3. The summed E-state index contributed by atoms with van der Waals surface area (Å²) in [4.78, 5) is 26.5. The lowest BCUT2D eigenvalue weighted by Crippen LogP contribution is -2.32. The van der Waals surface area contributed by atoms with Crippen LogP contribution in [0.3, 0.4) is 0 Å². The van der Waals surface area contributed by atoms with Gasteiger partial charge in [0.05, 0.1) is 11.8 Å². The molecule has 0 bridgehead atoms. The summed E-state index contributed by atoms with van der Waals surface area (Å²) in [6.45, 7) is 1.61. The van der Waals surface area contributed by atoms with Crippen LogP contribution in [0.15, 0.2) is 63.8 Å². The van der Waals surface area contributed by atoms with Crippen molar-refractivity contribution >= 4 is 28.1 Å². The number of aromatic nitrogens is 1. The minimum atomic E-state index is -0.437. The van der Waals surface area contributed by atoms with Gasteiger partial charge in [-0.2, -0.15) is 0 Å². The molecule has 1 fully saturated rings. The number of esters is 1. The van der Waals surface area contributed by atoms with Gasteiger partial charge in [-0.1, -0.05) is 22.0 Å². The van der Waals surface area contributed by atoms with Crippen molar-refractivity contribution in [2.45, 2.75) is 19.3 Å². The fraction of sp³-hybridized carbons (Fsp3) is 0.263. The van der Waals surface area contributed by atoms with E-state index in [9.17, 15) is 9.59 Å². The van der Waals surface area contributed by atoms with Gasteiger partial charge in [0.1, 0.15) is 0 Å². The molecule has 2 aromatic rings. The lowest BCUT2D eigenvalue weighted by Gasteiger charge is -2.29. The lowest BCUT2D eigenvalue weighted by molar-refractivity contribution is 0.0482. The number of hydrogen-bond acceptors (Lipinski definition) is 4. The number of hydrogen-bond donors (Lipinski definition) is 0. The highest BCUT2D eigenvalue weighted by Gasteiger charge is 2.19. The molecule has 3 rings (SSSR count). The summed E-state index contributed by atoms with van der Waals surface area (Å²) >= 11 is 3.35. The van der Waals surface area contributed by atoms with Gasteiger partial charge in [0.15, 0.2) is 0 Å². The Morgan fingerprint density at radius 1 is 1.04 bits per heavy atom. The molecule has 2 heterocycles. The Kier molecular flexibility index (Phi) is 5.71. The fourth-order valence-electron chi connectivity index (χ4n) is 2.69. The highest BCUT2D eigenvalue weighted by molar-refractivity contribution is 9.10. The predicted octanol–water partition coefficient (Wildman–Crippen LogP) is 3.71. The fourth-order valence-corrected chi connectivity index (χ4v) is 2.96. The van der Waals surface area contributed by atoms with Crippen LogP contribution < -0.4 is 5.56 Å². The third-order valence-electron chi connectivity index (χ3n) is 4.05. The van der Waals surface area contributed by atoms with Gasteiger partial charge in [-0.3, -0.25) is 9.36 Å². The normalized spacial score (nSPS) is 15.1. The molecule has 1 aliphatic rings. The van der Waals surface area contributed by atoms with Crippen LogP contribution in [0.25, 0.3) is 6.20 Å². The molecule has 5 nitrogen and oxygen atoms in total. The molecule has 1 saturated heterocycles. The molecule has 0 N–H and O–H groups in total. The second-order valence-corrected chi connectivity index (χ2v) is 6.77. The Morgan fingerprint density at radius 2 is 1.76 bits per heavy atom. The van der Waals surface area contributed by atoms with Crippen molar-refractivity contribution in [2.75, 3.05) is 13.1 Å². The second-order valence-electron chi connectivity index (χ2n) is 5.86. The monoisotopic (exact) mass is 402 g/mol. The molecule has 0 spiro atoms. The average molecular weight is 403 g/mol. The highest BCUT2D eigenvalue weighted by atomic mass is 79.9. The maximum Gasteiger partial charge on any atom is 0.344 e. The second kappa shape index (κ2) is 8.16. The van der Waals surface area contributed by atoms with E-state index >= 15 is 0 Å². The quantitative estimate of drug-likeness (QED) is 0.577. The molecule has 0 atom stereocenters. The summed E-state index contributed by atoms with van der Waals surface area (Å²) in [5, 5.41) is 0. The number of halogens is 1. The van der Waals surface area contributed by atoms with E-state index in [2.05, 4.69) is 15.9 Å². The van der Waals surface area contributed by atoms with E-state index in [1.807, 2.05) is 4.90 Å². The van der Waals surface area contributed by atoms with Crippen molar-refractivity contribution < 1.29 is 9.53 Å². The van der Waals surface area contributed by atoms with Crippen molar-refractivity contribution in [3.63, 3.8) is 0 Å². The van der Waals surface area contributed by atoms with Gasteiger partial charge in [-0.25, -0.2) is 4.79 Å². The van der Waals surface area contributed by atoms with Crippen molar-refractivity contribution in [1.82, 2.24) is 9.47 Å². The number of benzene rings is 1. The molecule has 130 valence electrons. The van der Waals surface area contributed by atoms with Crippen LogP contribution in [0.4, 0.5) is 0 Å². The molecular weight excluding hydrogens is 384 g/mol. The van der Waals surface area contributed by atoms with Crippen LogP contribution in [0, 0.1) is 0 Å². The first-order chi connectivity index (χ1) is 12.1. The standard InChI is InChI=1S/C19H19BrN2O3/c20-16-9-7-15(8-10-16)19(24)25-18(21-11-3-1-4-12-21)14-22-13-5-2-6-17(22)23/h2,5-10,13-14H,1,3-4,11-12H2. The van der Waals surface area contributed by atoms with E-state index in [4.69, 9.17) is 4.74 Å². The molecule has 0 aliphatic carbocycles. The van der Waals surface area contributed by atoms with Crippen molar-refractivity contribution in [1.29, 1.82) is 0 Å². The highest BCUT2D eigenvalue weighted by Crippen LogP contribution is 2.19. The van der Waals surface area contributed by atoms with Crippen molar-refractivity contribution in [3.05, 3.63) is 74.9 Å². The van der Waals surface area contributed by atoms with E-state index in [-0.39, 0.29) is 5.56 Å². The van der Waals surface area contributed by atoms with Crippen LogP contribution in [0.1, 0.15) is 29.6 Å². The van der Waals surface area contributed by atoms with Gasteiger partial charge in [-0.05, 0) is 49.6 Å². The molecule has 1 aromatic heterocycles. The number of carbonyl (C=O) groups excluding carboxylic acids is 1. The van der Waals surface area contributed by atoms with E-state index in [1.54, 1.807) is 48.8 Å². The maximum atomic E-state index is 12.5. The molecule has 0 unspecified atom stereocenters. The van der Waals surface area contributed by atoms with Crippen LogP contribution >= 0.6 is 15.9 Å². The number of carbonyl (C=O) groups is 1. The summed E-state index contributed by atoms with van der Waals surface area (Å²) in [6.07, 6.45) is 6.48. The molecule has 1 aliphatic heterocycles. The van der Waals surface area contributed by atoms with Crippen LogP contribution in [-0.2, 0) is 4.74 Å². The largest absolute Gasteiger partial charge is 0.404 e. The minimum Gasteiger partial charge on any atom is -0.404 e. The summed E-state index contributed by atoms with van der Waals surface area (Å²) in [5.41, 5.74) is 0.295. The average Bonchev–Trinajstić information content (AvgIpc) is 2.64. The minimum absolute atomic E-state index is 0.170. The zero-order valence-corrected chi connectivity index (χ0v) is 15.3. The first-order valence-corrected chi connectivity index (χ1v) is 9.04. The zero-order valence-electron chi connectivity index (χ0n) is 13.7. The Morgan fingerprint density at radius 3 is 2.44 bits per heavy atom. The molecule has 6 heteroatoms. The lowest BCUT2D eigenvalue weighted by atomic mass is 10.1. The zero-order chi connectivity index (χ0) is 17.6. The van der Waals surface area contributed by atoms with Gasteiger partial charge < -0.3 is 9.64 Å². The van der Waals surface area contributed by atoms with Gasteiger partial charge in [-0.15, -0.1) is 0 Å². The van der Waals surface area contributed by atoms with Gasteiger partial charge >= 0.3 is 5.97 Å². The van der Waals surface area contributed by atoms with Crippen LogP contribution in [0.2, 0.25) is 0 Å². The summed E-state index contributed by atoms with van der Waals surface area (Å²) in [6, 6.07) is 11.9. The van der Waals surface area contributed by atoms with Gasteiger partial charge in [0.25, 0.3) is 5.56 Å². The molecule has 0 amide bonds. The van der Waals surface area contributed by atoms with Crippen LogP contribution in [-0.4, -0.2) is 28.5 Å². The number of rotatable bonds is 4. The van der Waals surface area contributed by atoms with Crippen molar-refractivity contribution in [3.8, 4) is 0 Å². The molecule has 25 heavy (non-hydrogen) atoms. The summed E-state index contributed by atoms with van der Waals surface area (Å²) in [5.74, 6) is -0.0331. The van der Waals surface area contributed by atoms with Crippen LogP contribution in [0.5, 0.6) is 0 Å². The van der Waals surface area contributed by atoms with Crippen molar-refractivity contribution in [2.24, 2.45) is 0 Å². The molecule has 0 saturated carbocycles. The molecule has 1 aromatic carbocycles. The number of nitrogens with zero attached hydrogens (tertiary/aromatic N) is 2. The SMILES string of the molecule is O=C(OC(=Cn1ccccc1=O)N1CCCCC1)c1ccc(Br)cc1.